The number of carbonyl (C=O) groups is 1. The first-order valence-corrected chi connectivity index (χ1v) is 8.84. The molecule has 136 valence electrons. The highest BCUT2D eigenvalue weighted by Crippen LogP contribution is 2.37. The molecule has 1 saturated heterocycles. The molecule has 0 bridgehead atoms. The van der Waals surface area contributed by atoms with Gasteiger partial charge in [0, 0.05) is 51.3 Å². The first kappa shape index (κ1) is 16.8. The van der Waals surface area contributed by atoms with Gasteiger partial charge >= 0.3 is 0 Å². The number of hydrogen-bond donors (Lipinski definition) is 0. The topological polar surface area (TPSA) is 84.3 Å². The Hall–Kier alpha value is -2.61. The normalized spacial score (nSPS) is 20.1. The van der Waals surface area contributed by atoms with E-state index in [1.54, 1.807) is 29.7 Å². The molecule has 26 heavy (non-hydrogen) atoms. The third-order valence-corrected chi connectivity index (χ3v) is 4.65. The lowest BCUT2D eigenvalue weighted by Crippen LogP contribution is -2.43. The third kappa shape index (κ3) is 3.37. The second-order valence-corrected chi connectivity index (χ2v) is 6.87. The Bertz CT molecular complexity index is 791. The molecular formula is C18H22N6O2. The van der Waals surface area contributed by atoms with E-state index in [-0.39, 0.29) is 12.0 Å². The highest BCUT2D eigenvalue weighted by Gasteiger charge is 2.30. The van der Waals surface area contributed by atoms with Crippen molar-refractivity contribution in [2.75, 3.05) is 38.7 Å². The summed E-state index contributed by atoms with van der Waals surface area (Å²) in [7, 11) is 3.83. The third-order valence-electron chi connectivity index (χ3n) is 4.65. The first-order valence-electron chi connectivity index (χ1n) is 8.84. The van der Waals surface area contributed by atoms with Gasteiger partial charge in [-0.1, -0.05) is 0 Å². The zero-order valence-corrected chi connectivity index (χ0v) is 15.0. The molecule has 1 atom stereocenters. The van der Waals surface area contributed by atoms with Gasteiger partial charge in [0.15, 0.2) is 5.82 Å². The van der Waals surface area contributed by atoms with E-state index >= 15 is 0 Å². The molecule has 0 N–H and O–H groups in total. The fraction of sp³-hybridized carbons (Fsp3) is 0.500. The van der Waals surface area contributed by atoms with Gasteiger partial charge in [-0.3, -0.25) is 9.78 Å². The SMILES string of the molecule is CN(C)c1nccnc1[C@H]1CN(C(=O)c2cnc(C3CC3)nc2)CCO1. The number of nitrogens with zero attached hydrogens (tertiary/aromatic N) is 6. The van der Waals surface area contributed by atoms with Gasteiger partial charge in [0.2, 0.25) is 0 Å². The van der Waals surface area contributed by atoms with Crippen molar-refractivity contribution >= 4 is 11.7 Å². The Morgan fingerprint density at radius 3 is 2.58 bits per heavy atom. The van der Waals surface area contributed by atoms with Gasteiger partial charge < -0.3 is 14.5 Å². The summed E-state index contributed by atoms with van der Waals surface area (Å²) in [6, 6.07) is 0. The fourth-order valence-electron chi connectivity index (χ4n) is 3.10. The summed E-state index contributed by atoms with van der Waals surface area (Å²) in [6.45, 7) is 1.43. The number of morpholine rings is 1. The van der Waals surface area contributed by atoms with Crippen molar-refractivity contribution < 1.29 is 9.53 Å². The van der Waals surface area contributed by atoms with Crippen molar-refractivity contribution in [3.05, 3.63) is 41.9 Å². The van der Waals surface area contributed by atoms with Crippen LogP contribution in [0.2, 0.25) is 0 Å². The van der Waals surface area contributed by atoms with Gasteiger partial charge in [-0.2, -0.15) is 0 Å². The van der Waals surface area contributed by atoms with Gasteiger partial charge in [-0.25, -0.2) is 15.0 Å². The minimum atomic E-state index is -0.301. The van der Waals surface area contributed by atoms with E-state index < -0.39 is 0 Å². The Morgan fingerprint density at radius 2 is 1.88 bits per heavy atom. The first-order chi connectivity index (χ1) is 12.6. The van der Waals surface area contributed by atoms with Crippen LogP contribution in [0.3, 0.4) is 0 Å². The molecular weight excluding hydrogens is 332 g/mol. The van der Waals surface area contributed by atoms with Crippen molar-refractivity contribution in [3.8, 4) is 0 Å². The average Bonchev–Trinajstić information content (AvgIpc) is 3.53. The van der Waals surface area contributed by atoms with Crippen molar-refractivity contribution in [1.29, 1.82) is 0 Å². The van der Waals surface area contributed by atoms with E-state index in [0.717, 1.165) is 30.2 Å². The number of aromatic nitrogens is 4. The standard InChI is InChI=1S/C18H22N6O2/c1-23(2)17-15(19-5-6-20-17)14-11-24(7-8-26-14)18(25)13-9-21-16(22-10-13)12-3-4-12/h5-6,9-10,12,14H,3-4,7-8,11H2,1-2H3/t14-/m1/s1. The van der Waals surface area contributed by atoms with Crippen LogP contribution in [0.1, 0.15) is 46.7 Å². The molecule has 0 radical (unpaired) electrons. The molecule has 1 aliphatic carbocycles. The molecule has 2 fully saturated rings. The van der Waals surface area contributed by atoms with Crippen LogP contribution in [-0.4, -0.2) is 64.5 Å². The Morgan fingerprint density at radius 1 is 1.15 bits per heavy atom. The molecule has 2 aliphatic rings. The van der Waals surface area contributed by atoms with Crippen molar-refractivity contribution in [2.45, 2.75) is 24.9 Å². The lowest BCUT2D eigenvalue weighted by Gasteiger charge is -2.33. The molecule has 4 rings (SSSR count). The van der Waals surface area contributed by atoms with Crippen LogP contribution < -0.4 is 4.90 Å². The summed E-state index contributed by atoms with van der Waals surface area (Å²) < 4.78 is 5.88. The van der Waals surface area contributed by atoms with Gasteiger partial charge in [-0.15, -0.1) is 0 Å². The van der Waals surface area contributed by atoms with Crippen LogP contribution in [0.4, 0.5) is 5.82 Å². The van der Waals surface area contributed by atoms with Gasteiger partial charge in [0.05, 0.1) is 18.7 Å². The van der Waals surface area contributed by atoms with Gasteiger partial charge in [0.25, 0.3) is 5.91 Å². The summed E-state index contributed by atoms with van der Waals surface area (Å²) in [5.41, 5.74) is 1.26. The number of rotatable bonds is 4. The molecule has 0 unspecified atom stereocenters. The number of ether oxygens (including phenoxy) is 1. The Kier molecular flexibility index (Phi) is 4.50. The number of carbonyl (C=O) groups excluding carboxylic acids is 1. The van der Waals surface area contributed by atoms with Crippen molar-refractivity contribution in [3.63, 3.8) is 0 Å². The summed E-state index contributed by atoms with van der Waals surface area (Å²) in [5, 5.41) is 0. The maximum absolute atomic E-state index is 12.8. The maximum Gasteiger partial charge on any atom is 0.257 e. The molecule has 3 heterocycles. The van der Waals surface area contributed by atoms with E-state index in [9.17, 15) is 4.79 Å². The van der Waals surface area contributed by atoms with E-state index in [1.807, 2.05) is 19.0 Å². The molecule has 8 nitrogen and oxygen atoms in total. The molecule has 2 aromatic heterocycles. The highest BCUT2D eigenvalue weighted by molar-refractivity contribution is 5.93. The van der Waals surface area contributed by atoms with Crippen molar-refractivity contribution in [1.82, 2.24) is 24.8 Å². The second-order valence-electron chi connectivity index (χ2n) is 6.87. The van der Waals surface area contributed by atoms with Crippen LogP contribution in [0.15, 0.2) is 24.8 Å². The number of anilines is 1. The summed E-state index contributed by atoms with van der Waals surface area (Å²) in [4.78, 5) is 34.0. The lowest BCUT2D eigenvalue weighted by molar-refractivity contribution is -0.0246. The number of amides is 1. The second kappa shape index (κ2) is 6.95. The monoisotopic (exact) mass is 354 g/mol. The van der Waals surface area contributed by atoms with Crippen LogP contribution in [0, 0.1) is 0 Å². The summed E-state index contributed by atoms with van der Waals surface area (Å²) in [6.07, 6.45) is 8.57. The number of hydrogen-bond acceptors (Lipinski definition) is 7. The van der Waals surface area contributed by atoms with Crippen LogP contribution in [0.5, 0.6) is 0 Å². The molecule has 0 aromatic carbocycles. The molecule has 0 spiro atoms. The molecule has 2 aromatic rings. The summed E-state index contributed by atoms with van der Waals surface area (Å²) in [5.74, 6) is 2.00. The van der Waals surface area contributed by atoms with E-state index in [0.29, 0.717) is 31.2 Å². The highest BCUT2D eigenvalue weighted by atomic mass is 16.5. The minimum absolute atomic E-state index is 0.0732. The van der Waals surface area contributed by atoms with Crippen LogP contribution in [-0.2, 0) is 4.74 Å². The molecule has 1 aliphatic heterocycles. The quantitative estimate of drug-likeness (QED) is 0.821. The Balaban J connectivity index is 1.50. The predicted molar refractivity (Wildman–Crippen MR) is 95.0 cm³/mol. The van der Waals surface area contributed by atoms with Crippen molar-refractivity contribution in [2.24, 2.45) is 0 Å². The molecule has 1 amide bonds. The molecule has 1 saturated carbocycles. The van der Waals surface area contributed by atoms with E-state index in [4.69, 9.17) is 4.74 Å². The molecule has 8 heteroatoms. The lowest BCUT2D eigenvalue weighted by atomic mass is 10.1. The van der Waals surface area contributed by atoms with Crippen LogP contribution >= 0.6 is 0 Å². The van der Waals surface area contributed by atoms with Gasteiger partial charge in [-0.05, 0) is 12.8 Å². The zero-order chi connectivity index (χ0) is 18.1. The van der Waals surface area contributed by atoms with Gasteiger partial charge in [0.1, 0.15) is 17.6 Å². The fourth-order valence-corrected chi connectivity index (χ4v) is 3.10. The Labute approximate surface area is 152 Å². The predicted octanol–water partition coefficient (Wildman–Crippen LogP) is 1.42. The smallest absolute Gasteiger partial charge is 0.257 e. The minimum Gasteiger partial charge on any atom is -0.368 e. The largest absolute Gasteiger partial charge is 0.368 e. The zero-order valence-electron chi connectivity index (χ0n) is 15.0. The summed E-state index contributed by atoms with van der Waals surface area (Å²) >= 11 is 0. The van der Waals surface area contributed by atoms with E-state index in [2.05, 4.69) is 19.9 Å². The van der Waals surface area contributed by atoms with Crippen LogP contribution in [0.25, 0.3) is 0 Å². The van der Waals surface area contributed by atoms with E-state index in [1.165, 1.54) is 0 Å². The maximum atomic E-state index is 12.8. The average molecular weight is 354 g/mol.